The first kappa shape index (κ1) is 25.7. The van der Waals surface area contributed by atoms with Crippen LogP contribution in [0.2, 0.25) is 0 Å². The SMILES string of the molecule is CCCCOc1ccc(C=NNC(=O)CCC(=O)Nc2ccc(OCC)cc2)cc1OCC. The van der Waals surface area contributed by atoms with Gasteiger partial charge in [0.15, 0.2) is 11.5 Å². The van der Waals surface area contributed by atoms with E-state index >= 15 is 0 Å². The molecule has 0 heterocycles. The van der Waals surface area contributed by atoms with Crippen LogP contribution in [0.4, 0.5) is 5.69 Å². The molecule has 2 amide bonds. The highest BCUT2D eigenvalue weighted by Gasteiger charge is 2.08. The third-order valence-corrected chi connectivity index (χ3v) is 4.45. The van der Waals surface area contributed by atoms with Crippen molar-refractivity contribution in [1.82, 2.24) is 5.43 Å². The molecular weight excluding hydrogens is 422 g/mol. The van der Waals surface area contributed by atoms with Gasteiger partial charge >= 0.3 is 0 Å². The molecule has 0 saturated heterocycles. The van der Waals surface area contributed by atoms with E-state index in [0.717, 1.165) is 24.2 Å². The summed E-state index contributed by atoms with van der Waals surface area (Å²) in [6.45, 7) is 7.64. The van der Waals surface area contributed by atoms with Gasteiger partial charge in [-0.25, -0.2) is 5.43 Å². The van der Waals surface area contributed by atoms with E-state index < -0.39 is 0 Å². The van der Waals surface area contributed by atoms with Crippen LogP contribution >= 0.6 is 0 Å². The van der Waals surface area contributed by atoms with Crippen LogP contribution in [-0.4, -0.2) is 37.8 Å². The van der Waals surface area contributed by atoms with Gasteiger partial charge in [0.1, 0.15) is 5.75 Å². The van der Waals surface area contributed by atoms with E-state index in [4.69, 9.17) is 14.2 Å². The van der Waals surface area contributed by atoms with Gasteiger partial charge in [0.2, 0.25) is 11.8 Å². The molecule has 0 unspecified atom stereocenters. The number of anilines is 1. The smallest absolute Gasteiger partial charge is 0.240 e. The number of nitrogens with zero attached hydrogens (tertiary/aromatic N) is 1. The number of unbranched alkanes of at least 4 members (excludes halogenated alkanes) is 1. The fourth-order valence-corrected chi connectivity index (χ4v) is 2.81. The third-order valence-electron chi connectivity index (χ3n) is 4.45. The first-order valence-corrected chi connectivity index (χ1v) is 11.3. The molecule has 0 aromatic heterocycles. The Labute approximate surface area is 195 Å². The van der Waals surface area contributed by atoms with Crippen molar-refractivity contribution in [3.05, 3.63) is 48.0 Å². The van der Waals surface area contributed by atoms with Crippen LogP contribution < -0.4 is 25.0 Å². The molecule has 178 valence electrons. The second-order valence-corrected chi connectivity index (χ2v) is 7.14. The molecule has 0 saturated carbocycles. The van der Waals surface area contributed by atoms with E-state index in [1.165, 1.54) is 6.21 Å². The second kappa shape index (κ2) is 14.5. The highest BCUT2D eigenvalue weighted by molar-refractivity contribution is 5.93. The average molecular weight is 456 g/mol. The van der Waals surface area contributed by atoms with E-state index in [-0.39, 0.29) is 24.7 Å². The van der Waals surface area contributed by atoms with Gasteiger partial charge in [-0.1, -0.05) is 13.3 Å². The number of carbonyl (C=O) groups excluding carboxylic acids is 2. The van der Waals surface area contributed by atoms with Gasteiger partial charge < -0.3 is 19.5 Å². The molecule has 0 atom stereocenters. The van der Waals surface area contributed by atoms with Crippen molar-refractivity contribution < 1.29 is 23.8 Å². The van der Waals surface area contributed by atoms with E-state index in [9.17, 15) is 9.59 Å². The van der Waals surface area contributed by atoms with Crippen LogP contribution in [0.3, 0.4) is 0 Å². The monoisotopic (exact) mass is 455 g/mol. The molecule has 8 heteroatoms. The lowest BCUT2D eigenvalue weighted by atomic mass is 10.2. The number of amides is 2. The molecule has 0 aliphatic heterocycles. The summed E-state index contributed by atoms with van der Waals surface area (Å²) in [5, 5.41) is 6.72. The lowest BCUT2D eigenvalue weighted by Gasteiger charge is -2.12. The van der Waals surface area contributed by atoms with E-state index in [0.29, 0.717) is 37.0 Å². The number of rotatable bonds is 14. The quantitative estimate of drug-likeness (QED) is 0.248. The zero-order valence-corrected chi connectivity index (χ0v) is 19.6. The molecule has 0 radical (unpaired) electrons. The van der Waals surface area contributed by atoms with Crippen LogP contribution in [0.1, 0.15) is 52.0 Å². The molecule has 2 N–H and O–H groups in total. The van der Waals surface area contributed by atoms with Crippen LogP contribution in [0, 0.1) is 0 Å². The average Bonchev–Trinajstić information content (AvgIpc) is 2.81. The Morgan fingerprint density at radius 2 is 1.61 bits per heavy atom. The molecule has 33 heavy (non-hydrogen) atoms. The predicted molar refractivity (Wildman–Crippen MR) is 129 cm³/mol. The highest BCUT2D eigenvalue weighted by atomic mass is 16.5. The van der Waals surface area contributed by atoms with Crippen molar-refractivity contribution in [2.45, 2.75) is 46.5 Å². The molecule has 2 aromatic rings. The molecule has 0 fully saturated rings. The number of nitrogens with one attached hydrogen (secondary N) is 2. The van der Waals surface area contributed by atoms with Gasteiger partial charge in [-0.2, -0.15) is 5.10 Å². The largest absolute Gasteiger partial charge is 0.494 e. The maximum atomic E-state index is 12.1. The molecule has 2 rings (SSSR count). The summed E-state index contributed by atoms with van der Waals surface area (Å²) >= 11 is 0. The highest BCUT2D eigenvalue weighted by Crippen LogP contribution is 2.28. The fourth-order valence-electron chi connectivity index (χ4n) is 2.81. The topological polar surface area (TPSA) is 98.2 Å². The molecule has 0 aliphatic carbocycles. The number of ether oxygens (including phenoxy) is 3. The summed E-state index contributed by atoms with van der Waals surface area (Å²) in [5.41, 5.74) is 3.85. The van der Waals surface area contributed by atoms with Crippen LogP contribution in [0.5, 0.6) is 17.2 Å². The standard InChI is InChI=1S/C25H33N3O5/c1-4-7-16-33-22-13-8-19(17-23(22)32-6-3)18-26-28-25(30)15-14-24(29)27-20-9-11-21(12-10-20)31-5-2/h8-13,17-18H,4-7,14-16H2,1-3H3,(H,27,29)(H,28,30). The molecule has 0 spiro atoms. The van der Waals surface area contributed by atoms with Crippen molar-refractivity contribution in [2.75, 3.05) is 25.1 Å². The Morgan fingerprint density at radius 3 is 2.30 bits per heavy atom. The van der Waals surface area contributed by atoms with Gasteiger partial charge in [0, 0.05) is 18.5 Å². The minimum atomic E-state index is -0.349. The number of hydrazone groups is 1. The fraction of sp³-hybridized carbons (Fsp3) is 0.400. The number of hydrogen-bond acceptors (Lipinski definition) is 6. The summed E-state index contributed by atoms with van der Waals surface area (Å²) in [6.07, 6.45) is 3.62. The third kappa shape index (κ3) is 9.64. The Hall–Kier alpha value is -3.55. The lowest BCUT2D eigenvalue weighted by molar-refractivity contribution is -0.124. The molecule has 0 aliphatic rings. The Bertz CT molecular complexity index is 913. The normalized spacial score (nSPS) is 10.6. The first-order chi connectivity index (χ1) is 16.0. The molecule has 2 aromatic carbocycles. The first-order valence-electron chi connectivity index (χ1n) is 11.3. The summed E-state index contributed by atoms with van der Waals surface area (Å²) in [4.78, 5) is 24.1. The number of carbonyl (C=O) groups is 2. The van der Waals surface area contributed by atoms with Crippen LogP contribution in [0.25, 0.3) is 0 Å². The zero-order chi connectivity index (χ0) is 23.9. The van der Waals surface area contributed by atoms with Crippen LogP contribution in [-0.2, 0) is 9.59 Å². The van der Waals surface area contributed by atoms with Gasteiger partial charge in [-0.15, -0.1) is 0 Å². The van der Waals surface area contributed by atoms with E-state index in [1.54, 1.807) is 24.3 Å². The zero-order valence-electron chi connectivity index (χ0n) is 19.6. The number of benzene rings is 2. The summed E-state index contributed by atoms with van der Waals surface area (Å²) in [7, 11) is 0. The summed E-state index contributed by atoms with van der Waals surface area (Å²) in [6, 6.07) is 12.5. The summed E-state index contributed by atoms with van der Waals surface area (Å²) < 4.78 is 16.8. The van der Waals surface area contributed by atoms with Gasteiger partial charge in [0.25, 0.3) is 0 Å². The van der Waals surface area contributed by atoms with Crippen molar-refractivity contribution in [3.8, 4) is 17.2 Å². The Balaban J connectivity index is 1.79. The molecular formula is C25H33N3O5. The molecule has 8 nitrogen and oxygen atoms in total. The van der Waals surface area contributed by atoms with Crippen LogP contribution in [0.15, 0.2) is 47.6 Å². The second-order valence-electron chi connectivity index (χ2n) is 7.14. The number of hydrogen-bond donors (Lipinski definition) is 2. The van der Waals surface area contributed by atoms with Crippen molar-refractivity contribution in [1.29, 1.82) is 0 Å². The Kier molecular flexibility index (Phi) is 11.3. The van der Waals surface area contributed by atoms with E-state index in [1.807, 2.05) is 32.0 Å². The minimum Gasteiger partial charge on any atom is -0.494 e. The van der Waals surface area contributed by atoms with Crippen molar-refractivity contribution in [2.24, 2.45) is 5.10 Å². The van der Waals surface area contributed by atoms with Gasteiger partial charge in [0.05, 0.1) is 26.0 Å². The maximum Gasteiger partial charge on any atom is 0.240 e. The van der Waals surface area contributed by atoms with Gasteiger partial charge in [-0.05, 0) is 68.3 Å². The molecule has 0 bridgehead atoms. The van der Waals surface area contributed by atoms with Crippen molar-refractivity contribution in [3.63, 3.8) is 0 Å². The van der Waals surface area contributed by atoms with E-state index in [2.05, 4.69) is 22.8 Å². The minimum absolute atomic E-state index is 0.0224. The van der Waals surface area contributed by atoms with Crippen molar-refractivity contribution >= 4 is 23.7 Å². The van der Waals surface area contributed by atoms with Gasteiger partial charge in [-0.3, -0.25) is 9.59 Å². The predicted octanol–water partition coefficient (Wildman–Crippen LogP) is 4.53. The Morgan fingerprint density at radius 1 is 0.879 bits per heavy atom. The summed E-state index contributed by atoms with van der Waals surface area (Å²) in [5.74, 6) is 1.45. The maximum absolute atomic E-state index is 12.1. The lowest BCUT2D eigenvalue weighted by Crippen LogP contribution is -2.20.